The molecule has 1 aromatic carbocycles. The van der Waals surface area contributed by atoms with E-state index in [1.54, 1.807) is 12.1 Å². The molecule has 0 aromatic heterocycles. The standard InChI is InChI=1S/C23H32BrNO5/c1-23(2,3)30-22(27)25-9-7-15(8-10-25)11-16-12-18(13-16)29-20-6-5-17(14-19(20)24)21(26)28-4/h5-6,14-16,18H,7-13H2,1-4H3. The molecular weight excluding hydrogens is 450 g/mol. The van der Waals surface area contributed by atoms with Crippen LogP contribution in [0.15, 0.2) is 22.7 Å². The third-order valence-electron chi connectivity index (χ3n) is 5.77. The van der Waals surface area contributed by atoms with Crippen LogP contribution in [-0.2, 0) is 9.47 Å². The molecule has 1 heterocycles. The number of carbonyl (C=O) groups is 2. The highest BCUT2D eigenvalue weighted by atomic mass is 79.9. The quantitative estimate of drug-likeness (QED) is 0.524. The number of piperidine rings is 1. The number of hydrogen-bond donors (Lipinski definition) is 0. The van der Waals surface area contributed by atoms with Crippen LogP contribution >= 0.6 is 15.9 Å². The van der Waals surface area contributed by atoms with E-state index < -0.39 is 5.60 Å². The highest BCUT2D eigenvalue weighted by Gasteiger charge is 2.35. The lowest BCUT2D eigenvalue weighted by atomic mass is 9.74. The van der Waals surface area contributed by atoms with Crippen LogP contribution in [0.3, 0.4) is 0 Å². The van der Waals surface area contributed by atoms with Gasteiger partial charge in [0.05, 0.1) is 23.2 Å². The highest BCUT2D eigenvalue weighted by molar-refractivity contribution is 9.10. The number of ether oxygens (including phenoxy) is 3. The Labute approximate surface area is 187 Å². The van der Waals surface area contributed by atoms with Gasteiger partial charge in [-0.05, 0) is 98.8 Å². The van der Waals surface area contributed by atoms with Crippen LogP contribution in [0.25, 0.3) is 0 Å². The van der Waals surface area contributed by atoms with Gasteiger partial charge in [-0.25, -0.2) is 9.59 Å². The first kappa shape index (κ1) is 22.9. The summed E-state index contributed by atoms with van der Waals surface area (Å²) >= 11 is 3.48. The number of esters is 1. The van der Waals surface area contributed by atoms with Crippen molar-refractivity contribution in [3.63, 3.8) is 0 Å². The molecule has 2 aliphatic rings. The van der Waals surface area contributed by atoms with Crippen molar-refractivity contribution in [3.05, 3.63) is 28.2 Å². The molecule has 0 atom stereocenters. The second kappa shape index (κ2) is 9.58. The van der Waals surface area contributed by atoms with Gasteiger partial charge in [0.15, 0.2) is 0 Å². The van der Waals surface area contributed by atoms with E-state index in [0.717, 1.165) is 49.0 Å². The smallest absolute Gasteiger partial charge is 0.410 e. The Balaban J connectivity index is 1.38. The molecule has 1 aliphatic carbocycles. The van der Waals surface area contributed by atoms with Crippen LogP contribution in [-0.4, -0.2) is 48.9 Å². The molecule has 30 heavy (non-hydrogen) atoms. The molecule has 0 N–H and O–H groups in total. The van der Waals surface area contributed by atoms with Crippen LogP contribution in [0.4, 0.5) is 4.79 Å². The molecule has 3 rings (SSSR count). The van der Waals surface area contributed by atoms with Crippen molar-refractivity contribution in [3.8, 4) is 5.75 Å². The topological polar surface area (TPSA) is 65.1 Å². The van der Waals surface area contributed by atoms with E-state index in [9.17, 15) is 9.59 Å². The molecule has 2 fully saturated rings. The Bertz CT molecular complexity index is 761. The molecule has 0 bridgehead atoms. The number of benzene rings is 1. The van der Waals surface area contributed by atoms with Gasteiger partial charge in [-0.3, -0.25) is 0 Å². The summed E-state index contributed by atoms with van der Waals surface area (Å²) in [5.41, 5.74) is 0.0599. The van der Waals surface area contributed by atoms with Crippen LogP contribution in [0.2, 0.25) is 0 Å². The van der Waals surface area contributed by atoms with Crippen molar-refractivity contribution in [2.45, 2.75) is 64.6 Å². The van der Waals surface area contributed by atoms with E-state index in [-0.39, 0.29) is 18.2 Å². The van der Waals surface area contributed by atoms with Gasteiger partial charge in [-0.1, -0.05) is 0 Å². The summed E-state index contributed by atoms with van der Waals surface area (Å²) in [6, 6.07) is 5.27. The van der Waals surface area contributed by atoms with Gasteiger partial charge in [0, 0.05) is 13.1 Å². The zero-order valence-electron chi connectivity index (χ0n) is 18.3. The molecule has 1 saturated carbocycles. The number of carbonyl (C=O) groups excluding carboxylic acids is 2. The fraction of sp³-hybridized carbons (Fsp3) is 0.652. The van der Waals surface area contributed by atoms with E-state index in [1.165, 1.54) is 13.5 Å². The normalized spacial score (nSPS) is 22.2. The number of methoxy groups -OCH3 is 1. The molecule has 0 radical (unpaired) electrons. The second-order valence-electron chi connectivity index (χ2n) is 9.36. The number of likely N-dealkylation sites (tertiary alicyclic amines) is 1. The van der Waals surface area contributed by atoms with Crippen molar-refractivity contribution >= 4 is 28.0 Å². The van der Waals surface area contributed by atoms with Crippen LogP contribution in [0.5, 0.6) is 5.75 Å². The van der Waals surface area contributed by atoms with Crippen LogP contribution < -0.4 is 4.74 Å². The first-order valence-corrected chi connectivity index (χ1v) is 11.5. The van der Waals surface area contributed by atoms with Crippen molar-refractivity contribution in [1.82, 2.24) is 4.90 Å². The molecule has 6 nitrogen and oxygen atoms in total. The zero-order valence-corrected chi connectivity index (χ0v) is 19.9. The third-order valence-corrected chi connectivity index (χ3v) is 6.39. The van der Waals surface area contributed by atoms with Crippen LogP contribution in [0, 0.1) is 11.8 Å². The van der Waals surface area contributed by atoms with E-state index in [4.69, 9.17) is 14.2 Å². The Morgan fingerprint density at radius 1 is 1.13 bits per heavy atom. The molecule has 7 heteroatoms. The first-order valence-electron chi connectivity index (χ1n) is 10.7. The summed E-state index contributed by atoms with van der Waals surface area (Å²) < 4.78 is 17.1. The van der Waals surface area contributed by atoms with Crippen molar-refractivity contribution in [1.29, 1.82) is 0 Å². The lowest BCUT2D eigenvalue weighted by molar-refractivity contribution is 0.0133. The van der Waals surface area contributed by atoms with E-state index in [2.05, 4.69) is 15.9 Å². The van der Waals surface area contributed by atoms with Crippen molar-refractivity contribution in [2.75, 3.05) is 20.2 Å². The fourth-order valence-corrected chi connectivity index (χ4v) is 4.61. The van der Waals surface area contributed by atoms with Gasteiger partial charge < -0.3 is 19.1 Å². The van der Waals surface area contributed by atoms with Gasteiger partial charge in [0.2, 0.25) is 0 Å². The summed E-state index contributed by atoms with van der Waals surface area (Å²) in [4.78, 5) is 25.6. The Morgan fingerprint density at radius 2 is 1.80 bits per heavy atom. The maximum atomic E-state index is 12.2. The average molecular weight is 482 g/mol. The minimum absolute atomic E-state index is 0.193. The number of hydrogen-bond acceptors (Lipinski definition) is 5. The van der Waals surface area contributed by atoms with Gasteiger partial charge in [-0.2, -0.15) is 0 Å². The maximum absolute atomic E-state index is 12.2. The minimum atomic E-state index is -0.441. The predicted molar refractivity (Wildman–Crippen MR) is 118 cm³/mol. The molecular formula is C23H32BrNO5. The molecule has 1 aliphatic heterocycles. The molecule has 1 saturated heterocycles. The Kier molecular flexibility index (Phi) is 7.32. The maximum Gasteiger partial charge on any atom is 0.410 e. The lowest BCUT2D eigenvalue weighted by Gasteiger charge is -2.40. The molecule has 1 amide bonds. The highest BCUT2D eigenvalue weighted by Crippen LogP contribution is 2.39. The van der Waals surface area contributed by atoms with Crippen molar-refractivity contribution in [2.24, 2.45) is 11.8 Å². The second-order valence-corrected chi connectivity index (χ2v) is 10.2. The number of nitrogens with zero attached hydrogens (tertiary/aromatic N) is 1. The Morgan fingerprint density at radius 3 is 2.37 bits per heavy atom. The molecule has 166 valence electrons. The van der Waals surface area contributed by atoms with E-state index in [1.807, 2.05) is 31.7 Å². The molecule has 1 aromatic rings. The first-order chi connectivity index (χ1) is 14.1. The Hall–Kier alpha value is -1.76. The SMILES string of the molecule is COC(=O)c1ccc(OC2CC(CC3CCN(C(=O)OC(C)(C)C)CC3)C2)c(Br)c1. The largest absolute Gasteiger partial charge is 0.489 e. The zero-order chi connectivity index (χ0) is 21.9. The summed E-state index contributed by atoms with van der Waals surface area (Å²) in [6.07, 6.45) is 5.42. The minimum Gasteiger partial charge on any atom is -0.489 e. The third kappa shape index (κ3) is 6.13. The van der Waals surface area contributed by atoms with Crippen molar-refractivity contribution < 1.29 is 23.8 Å². The van der Waals surface area contributed by atoms with Crippen LogP contribution in [0.1, 0.15) is 63.2 Å². The number of amides is 1. The summed E-state index contributed by atoms with van der Waals surface area (Å²) in [5, 5.41) is 0. The van der Waals surface area contributed by atoms with Gasteiger partial charge in [0.1, 0.15) is 11.4 Å². The van der Waals surface area contributed by atoms with E-state index >= 15 is 0 Å². The average Bonchev–Trinajstić information content (AvgIpc) is 2.66. The van der Waals surface area contributed by atoms with Gasteiger partial charge in [-0.15, -0.1) is 0 Å². The lowest BCUT2D eigenvalue weighted by Crippen LogP contribution is -2.42. The number of halogens is 1. The summed E-state index contributed by atoms with van der Waals surface area (Å²) in [5.74, 6) is 1.75. The summed E-state index contributed by atoms with van der Waals surface area (Å²) in [7, 11) is 1.37. The van der Waals surface area contributed by atoms with Gasteiger partial charge >= 0.3 is 12.1 Å². The molecule has 0 unspecified atom stereocenters. The predicted octanol–water partition coefficient (Wildman–Crippen LogP) is 5.43. The number of rotatable bonds is 5. The summed E-state index contributed by atoms with van der Waals surface area (Å²) in [6.45, 7) is 7.27. The van der Waals surface area contributed by atoms with Gasteiger partial charge in [0.25, 0.3) is 0 Å². The van der Waals surface area contributed by atoms with E-state index in [0.29, 0.717) is 17.4 Å². The fourth-order valence-electron chi connectivity index (χ4n) is 4.13. The monoisotopic (exact) mass is 481 g/mol. The molecule has 0 spiro atoms.